The number of nitrogens with zero attached hydrogens (tertiary/aromatic N) is 5. The van der Waals surface area contributed by atoms with Crippen LogP contribution in [0.1, 0.15) is 42.7 Å². The molecule has 1 atom stereocenters. The second-order valence-corrected chi connectivity index (χ2v) is 10.1. The van der Waals surface area contributed by atoms with Crippen LogP contribution in [0.25, 0.3) is 11.3 Å². The van der Waals surface area contributed by atoms with Gasteiger partial charge in [-0.05, 0) is 37.5 Å². The zero-order valence-corrected chi connectivity index (χ0v) is 17.7. The van der Waals surface area contributed by atoms with E-state index in [0.29, 0.717) is 5.69 Å². The van der Waals surface area contributed by atoms with Gasteiger partial charge in [0.2, 0.25) is 0 Å². The van der Waals surface area contributed by atoms with Crippen molar-refractivity contribution in [3.63, 3.8) is 0 Å². The first-order chi connectivity index (χ1) is 14.6. The molecule has 6 nitrogen and oxygen atoms in total. The van der Waals surface area contributed by atoms with Gasteiger partial charge < -0.3 is 9.67 Å². The molecular weight excluding hydrogens is 394 g/mol. The van der Waals surface area contributed by atoms with E-state index in [0.717, 1.165) is 54.5 Å². The predicted octanol–water partition coefficient (Wildman–Crippen LogP) is 3.33. The molecule has 1 aliphatic carbocycles. The maximum atomic E-state index is 9.81. The molecule has 152 valence electrons. The van der Waals surface area contributed by atoms with E-state index in [2.05, 4.69) is 57.0 Å². The van der Waals surface area contributed by atoms with Gasteiger partial charge in [0.25, 0.3) is 0 Å². The summed E-state index contributed by atoms with van der Waals surface area (Å²) in [7, 11) is 0. The number of thioether (sulfide) groups is 1. The lowest BCUT2D eigenvalue weighted by atomic mass is 9.93. The number of pyridine rings is 1. The van der Waals surface area contributed by atoms with Crippen LogP contribution in [0.3, 0.4) is 0 Å². The molecule has 0 radical (unpaired) electrons. The van der Waals surface area contributed by atoms with E-state index in [1.807, 2.05) is 23.9 Å². The number of hydrogen-bond acceptors (Lipinski definition) is 6. The second kappa shape index (κ2) is 7.22. The molecule has 0 amide bonds. The van der Waals surface area contributed by atoms with Crippen LogP contribution in [-0.2, 0) is 18.4 Å². The van der Waals surface area contributed by atoms with Crippen molar-refractivity contribution in [1.82, 2.24) is 19.7 Å². The zero-order chi connectivity index (χ0) is 20.8. The Morgan fingerprint density at radius 2 is 1.97 bits per heavy atom. The maximum Gasteiger partial charge on any atom is 0.143 e. The van der Waals surface area contributed by atoms with Crippen molar-refractivity contribution >= 4 is 11.8 Å². The van der Waals surface area contributed by atoms with Gasteiger partial charge in [0.1, 0.15) is 23.4 Å². The lowest BCUT2D eigenvalue weighted by Crippen LogP contribution is -2.28. The van der Waals surface area contributed by atoms with Crippen LogP contribution < -0.4 is 0 Å². The normalized spacial score (nSPS) is 22.0. The van der Waals surface area contributed by atoms with Gasteiger partial charge in [-0.15, -0.1) is 10.2 Å². The van der Waals surface area contributed by atoms with Crippen LogP contribution >= 0.6 is 11.8 Å². The Balaban J connectivity index is 1.47. The summed E-state index contributed by atoms with van der Waals surface area (Å²) in [6.07, 6.45) is 2.87. The molecule has 1 fully saturated rings. The summed E-state index contributed by atoms with van der Waals surface area (Å²) in [6.45, 7) is 3.12. The Morgan fingerprint density at radius 3 is 2.67 bits per heavy atom. The minimum Gasteiger partial charge on any atom is -0.395 e. The smallest absolute Gasteiger partial charge is 0.143 e. The number of aromatic nitrogens is 4. The van der Waals surface area contributed by atoms with Gasteiger partial charge in [-0.2, -0.15) is 17.0 Å². The summed E-state index contributed by atoms with van der Waals surface area (Å²) in [5, 5.41) is 28.1. The molecule has 3 heterocycles. The summed E-state index contributed by atoms with van der Waals surface area (Å²) in [5.41, 5.74) is 3.41. The summed E-state index contributed by atoms with van der Waals surface area (Å²) < 4.78 is 2.09. The fourth-order valence-corrected chi connectivity index (χ4v) is 5.40. The molecule has 1 unspecified atom stereocenters. The van der Waals surface area contributed by atoms with E-state index in [1.165, 1.54) is 5.56 Å². The Labute approximate surface area is 180 Å². The van der Waals surface area contributed by atoms with Gasteiger partial charge in [-0.3, -0.25) is 0 Å². The number of benzene rings is 1. The van der Waals surface area contributed by atoms with Crippen LogP contribution in [0.4, 0.5) is 0 Å². The first kappa shape index (κ1) is 19.3. The van der Waals surface area contributed by atoms with Crippen molar-refractivity contribution in [1.29, 1.82) is 5.26 Å². The molecule has 2 aliphatic rings. The summed E-state index contributed by atoms with van der Waals surface area (Å²) in [5.74, 6) is 2.98. The van der Waals surface area contributed by atoms with Crippen LogP contribution in [0.15, 0.2) is 42.5 Å². The topological polar surface area (TPSA) is 87.6 Å². The molecule has 1 aromatic carbocycles. The van der Waals surface area contributed by atoms with Crippen molar-refractivity contribution < 1.29 is 5.11 Å². The molecule has 3 aromatic rings. The molecule has 1 saturated carbocycles. The second-order valence-electron chi connectivity index (χ2n) is 8.40. The number of hydrogen-bond donors (Lipinski definition) is 1. The van der Waals surface area contributed by atoms with Crippen LogP contribution in [0, 0.1) is 11.3 Å². The van der Waals surface area contributed by atoms with E-state index in [9.17, 15) is 5.11 Å². The van der Waals surface area contributed by atoms with Gasteiger partial charge >= 0.3 is 0 Å². The third-order valence-corrected chi connectivity index (χ3v) is 7.59. The highest BCUT2D eigenvalue weighted by Gasteiger charge is 2.50. The Kier molecular flexibility index (Phi) is 4.64. The molecule has 30 heavy (non-hydrogen) atoms. The third kappa shape index (κ3) is 3.21. The molecule has 1 N–H and O–H groups in total. The average Bonchev–Trinajstić information content (AvgIpc) is 3.53. The van der Waals surface area contributed by atoms with Gasteiger partial charge in [0.15, 0.2) is 0 Å². The van der Waals surface area contributed by atoms with E-state index in [1.54, 1.807) is 6.07 Å². The molecule has 5 rings (SSSR count). The summed E-state index contributed by atoms with van der Waals surface area (Å²) >= 11 is 1.82. The number of nitriles is 1. The quantitative estimate of drug-likeness (QED) is 0.701. The fraction of sp³-hybridized carbons (Fsp3) is 0.391. The number of fused-ring (bicyclic) bond motifs is 1. The highest BCUT2D eigenvalue weighted by Crippen LogP contribution is 2.53. The summed E-state index contributed by atoms with van der Waals surface area (Å²) in [4.78, 5) is 4.40. The summed E-state index contributed by atoms with van der Waals surface area (Å²) in [6, 6.07) is 16.1. The number of aliphatic hydroxyl groups is 1. The van der Waals surface area contributed by atoms with Gasteiger partial charge in [0.05, 0.1) is 17.7 Å². The third-order valence-electron chi connectivity index (χ3n) is 6.23. The van der Waals surface area contributed by atoms with Crippen molar-refractivity contribution in [3.8, 4) is 17.3 Å². The maximum absolute atomic E-state index is 9.81. The average molecular weight is 418 g/mol. The first-order valence-corrected chi connectivity index (χ1v) is 11.2. The Morgan fingerprint density at radius 1 is 1.17 bits per heavy atom. The highest BCUT2D eigenvalue weighted by molar-refractivity contribution is 8.00. The minimum atomic E-state index is -0.193. The van der Waals surface area contributed by atoms with Gasteiger partial charge in [-0.25, -0.2) is 4.98 Å². The van der Waals surface area contributed by atoms with E-state index < -0.39 is 0 Å². The van der Waals surface area contributed by atoms with E-state index in [4.69, 9.17) is 5.26 Å². The van der Waals surface area contributed by atoms with Crippen molar-refractivity contribution in [2.45, 2.75) is 42.9 Å². The largest absolute Gasteiger partial charge is 0.395 e. The molecular formula is C23H23N5OS. The van der Waals surface area contributed by atoms with E-state index in [-0.39, 0.29) is 16.8 Å². The molecule has 0 spiro atoms. The van der Waals surface area contributed by atoms with Crippen molar-refractivity contribution in [3.05, 3.63) is 65.4 Å². The van der Waals surface area contributed by atoms with E-state index >= 15 is 0 Å². The SMILES string of the molecule is CC1(CO)Cc2nnc(C3(c4ccc(-c5cccc(C#N)n5)cc4)CC3)n2CCS1. The molecule has 0 bridgehead atoms. The van der Waals surface area contributed by atoms with Gasteiger partial charge in [-0.1, -0.05) is 30.3 Å². The Bertz CT molecular complexity index is 1130. The highest BCUT2D eigenvalue weighted by atomic mass is 32.2. The first-order valence-electron chi connectivity index (χ1n) is 10.2. The number of aliphatic hydroxyl groups excluding tert-OH is 1. The molecule has 7 heteroatoms. The zero-order valence-electron chi connectivity index (χ0n) is 16.9. The van der Waals surface area contributed by atoms with Crippen LogP contribution in [-0.4, -0.2) is 42.0 Å². The monoisotopic (exact) mass is 417 g/mol. The molecule has 2 aromatic heterocycles. The van der Waals surface area contributed by atoms with Crippen molar-refractivity contribution in [2.75, 3.05) is 12.4 Å². The lowest BCUT2D eigenvalue weighted by molar-refractivity contribution is 0.254. The standard InChI is InChI=1S/C23H23N5OS/c1-22(15-29)13-20-26-27-21(28(20)11-12-30-22)23(9-10-23)17-7-5-16(6-8-17)19-4-2-3-18(14-24)25-19/h2-8,29H,9-13,15H2,1H3. The molecule has 0 saturated heterocycles. The Hall–Kier alpha value is -2.69. The van der Waals surface area contributed by atoms with Crippen molar-refractivity contribution in [2.24, 2.45) is 0 Å². The van der Waals surface area contributed by atoms with Gasteiger partial charge in [0, 0.05) is 29.0 Å². The fourth-order valence-electron chi connectivity index (χ4n) is 4.31. The van der Waals surface area contributed by atoms with Crippen LogP contribution in [0.2, 0.25) is 0 Å². The number of rotatable bonds is 4. The predicted molar refractivity (Wildman–Crippen MR) is 116 cm³/mol. The lowest BCUT2D eigenvalue weighted by Gasteiger charge is -2.23. The minimum absolute atomic E-state index is 0.0731. The van der Waals surface area contributed by atoms with Crippen LogP contribution in [0.5, 0.6) is 0 Å². The molecule has 1 aliphatic heterocycles.